The highest BCUT2D eigenvalue weighted by atomic mass is 16.5. The van der Waals surface area contributed by atoms with Crippen molar-refractivity contribution in [3.05, 3.63) is 84.4 Å². The van der Waals surface area contributed by atoms with Gasteiger partial charge in [0.25, 0.3) is 5.91 Å². The van der Waals surface area contributed by atoms with Gasteiger partial charge in [-0.15, -0.1) is 0 Å². The van der Waals surface area contributed by atoms with Crippen molar-refractivity contribution in [3.63, 3.8) is 0 Å². The van der Waals surface area contributed by atoms with E-state index in [1.165, 1.54) is 5.69 Å². The second-order valence-corrected chi connectivity index (χ2v) is 8.90. The van der Waals surface area contributed by atoms with E-state index < -0.39 is 0 Å². The highest BCUT2D eigenvalue weighted by molar-refractivity contribution is 5.95. The van der Waals surface area contributed by atoms with Gasteiger partial charge in [0, 0.05) is 24.5 Å². The van der Waals surface area contributed by atoms with E-state index in [2.05, 4.69) is 29.2 Å². The second-order valence-electron chi connectivity index (χ2n) is 8.90. The van der Waals surface area contributed by atoms with Crippen molar-refractivity contribution in [3.8, 4) is 11.5 Å². The maximum atomic E-state index is 12.6. The van der Waals surface area contributed by atoms with Crippen molar-refractivity contribution in [1.82, 2.24) is 0 Å². The normalized spacial score (nSPS) is 17.6. The molecule has 6 heteroatoms. The van der Waals surface area contributed by atoms with Gasteiger partial charge in [0.05, 0.1) is 19.3 Å². The van der Waals surface area contributed by atoms with E-state index in [0.717, 1.165) is 48.7 Å². The number of carbonyl (C=O) groups is 1. The fourth-order valence-electron chi connectivity index (χ4n) is 4.68. The van der Waals surface area contributed by atoms with Gasteiger partial charge in [0.1, 0.15) is 24.7 Å². The molecule has 6 nitrogen and oxygen atoms in total. The SMILES string of the molecule is COc1ccc(N2CC3(CCN(c4ccc(OCc5ccccc5)cc4)CC3)OCC2=O)cc1. The number of methoxy groups -OCH3 is 1. The number of ether oxygens (including phenoxy) is 3. The van der Waals surface area contributed by atoms with Crippen LogP contribution in [0.15, 0.2) is 78.9 Å². The third-order valence-corrected chi connectivity index (χ3v) is 6.76. The summed E-state index contributed by atoms with van der Waals surface area (Å²) in [4.78, 5) is 16.8. The number of nitrogens with zero attached hydrogens (tertiary/aromatic N) is 2. The van der Waals surface area contributed by atoms with Gasteiger partial charge in [-0.25, -0.2) is 0 Å². The molecular weight excluding hydrogens is 428 g/mol. The molecule has 176 valence electrons. The summed E-state index contributed by atoms with van der Waals surface area (Å²) in [6.07, 6.45) is 1.75. The topological polar surface area (TPSA) is 51.2 Å². The van der Waals surface area contributed by atoms with Crippen LogP contribution in [0, 0.1) is 0 Å². The van der Waals surface area contributed by atoms with Crippen molar-refractivity contribution < 1.29 is 19.0 Å². The largest absolute Gasteiger partial charge is 0.497 e. The van der Waals surface area contributed by atoms with E-state index in [1.807, 2.05) is 59.5 Å². The zero-order valence-electron chi connectivity index (χ0n) is 19.5. The van der Waals surface area contributed by atoms with Gasteiger partial charge in [-0.1, -0.05) is 30.3 Å². The van der Waals surface area contributed by atoms with E-state index in [-0.39, 0.29) is 18.1 Å². The van der Waals surface area contributed by atoms with E-state index in [1.54, 1.807) is 7.11 Å². The number of hydrogen-bond acceptors (Lipinski definition) is 5. The summed E-state index contributed by atoms with van der Waals surface area (Å²) >= 11 is 0. The first-order valence-corrected chi connectivity index (χ1v) is 11.7. The number of amides is 1. The number of rotatable bonds is 6. The van der Waals surface area contributed by atoms with Crippen LogP contribution in [0.4, 0.5) is 11.4 Å². The lowest BCUT2D eigenvalue weighted by Gasteiger charge is -2.47. The van der Waals surface area contributed by atoms with E-state index in [4.69, 9.17) is 14.2 Å². The molecule has 5 rings (SSSR count). The van der Waals surface area contributed by atoms with Crippen LogP contribution in [-0.2, 0) is 16.1 Å². The van der Waals surface area contributed by atoms with Gasteiger partial charge in [0.2, 0.25) is 0 Å². The van der Waals surface area contributed by atoms with Crippen LogP contribution >= 0.6 is 0 Å². The number of hydrogen-bond donors (Lipinski definition) is 0. The minimum atomic E-state index is -0.303. The van der Waals surface area contributed by atoms with Crippen molar-refractivity contribution in [2.24, 2.45) is 0 Å². The Morgan fingerprint density at radius 2 is 1.50 bits per heavy atom. The first-order chi connectivity index (χ1) is 16.6. The lowest BCUT2D eigenvalue weighted by Crippen LogP contribution is -2.59. The summed E-state index contributed by atoms with van der Waals surface area (Å²) in [5.74, 6) is 1.65. The molecule has 2 aliphatic heterocycles. The number of carbonyl (C=O) groups excluding carboxylic acids is 1. The Morgan fingerprint density at radius 3 is 2.18 bits per heavy atom. The molecule has 0 N–H and O–H groups in total. The van der Waals surface area contributed by atoms with Gasteiger partial charge in [0.15, 0.2) is 0 Å². The molecule has 34 heavy (non-hydrogen) atoms. The minimum Gasteiger partial charge on any atom is -0.497 e. The highest BCUT2D eigenvalue weighted by Gasteiger charge is 2.42. The number of morpholine rings is 1. The fraction of sp³-hybridized carbons (Fsp3) is 0.321. The smallest absolute Gasteiger partial charge is 0.253 e. The molecule has 3 aromatic carbocycles. The maximum absolute atomic E-state index is 12.6. The predicted molar refractivity (Wildman–Crippen MR) is 133 cm³/mol. The van der Waals surface area contributed by atoms with Gasteiger partial charge < -0.3 is 24.0 Å². The maximum Gasteiger partial charge on any atom is 0.253 e. The highest BCUT2D eigenvalue weighted by Crippen LogP contribution is 2.35. The van der Waals surface area contributed by atoms with Crippen molar-refractivity contribution >= 4 is 17.3 Å². The van der Waals surface area contributed by atoms with Crippen LogP contribution in [0.5, 0.6) is 11.5 Å². The molecule has 0 atom stereocenters. The number of anilines is 2. The van der Waals surface area contributed by atoms with E-state index in [9.17, 15) is 4.79 Å². The van der Waals surface area contributed by atoms with Gasteiger partial charge in [-0.2, -0.15) is 0 Å². The first-order valence-electron chi connectivity index (χ1n) is 11.7. The zero-order valence-corrected chi connectivity index (χ0v) is 19.5. The Balaban J connectivity index is 1.18. The first kappa shape index (κ1) is 22.3. The predicted octanol–water partition coefficient (Wildman–Crippen LogP) is 4.68. The number of piperidine rings is 1. The molecule has 2 saturated heterocycles. The fourth-order valence-corrected chi connectivity index (χ4v) is 4.68. The quantitative estimate of drug-likeness (QED) is 0.537. The molecule has 0 aromatic heterocycles. The molecule has 1 spiro atoms. The molecule has 0 bridgehead atoms. The Bertz CT molecular complexity index is 1090. The molecule has 2 fully saturated rings. The van der Waals surface area contributed by atoms with Crippen LogP contribution in [0.3, 0.4) is 0 Å². The lowest BCUT2D eigenvalue weighted by atomic mass is 9.88. The Hall–Kier alpha value is -3.51. The molecule has 2 aliphatic rings. The average molecular weight is 459 g/mol. The van der Waals surface area contributed by atoms with Crippen LogP contribution in [0.2, 0.25) is 0 Å². The molecule has 2 heterocycles. The van der Waals surface area contributed by atoms with Crippen LogP contribution in [0.25, 0.3) is 0 Å². The lowest BCUT2D eigenvalue weighted by molar-refractivity contribution is -0.141. The standard InChI is InChI=1S/C28H30N2O4/c1-32-25-11-9-24(10-12-25)30-21-28(34-20-27(30)31)15-17-29(18-16-28)23-7-13-26(14-8-23)33-19-22-5-3-2-4-6-22/h2-14H,15-21H2,1H3. The molecule has 3 aromatic rings. The monoisotopic (exact) mass is 458 g/mol. The van der Waals surface area contributed by atoms with Gasteiger partial charge in [-0.05, 0) is 66.9 Å². The molecule has 1 amide bonds. The van der Waals surface area contributed by atoms with Crippen LogP contribution in [0.1, 0.15) is 18.4 Å². The Labute approximate surface area is 200 Å². The van der Waals surface area contributed by atoms with Crippen LogP contribution in [-0.4, -0.2) is 44.9 Å². The third-order valence-electron chi connectivity index (χ3n) is 6.76. The summed E-state index contributed by atoms with van der Waals surface area (Å²) in [6.45, 7) is 3.04. The van der Waals surface area contributed by atoms with E-state index in [0.29, 0.717) is 13.2 Å². The number of benzene rings is 3. The summed E-state index contributed by atoms with van der Waals surface area (Å²) in [5, 5.41) is 0. The second kappa shape index (κ2) is 9.77. The zero-order chi connectivity index (χ0) is 23.4. The summed E-state index contributed by atoms with van der Waals surface area (Å²) in [5.41, 5.74) is 2.92. The summed E-state index contributed by atoms with van der Waals surface area (Å²) in [6, 6.07) is 26.1. The van der Waals surface area contributed by atoms with Crippen LogP contribution < -0.4 is 19.3 Å². The van der Waals surface area contributed by atoms with Crippen molar-refractivity contribution in [2.45, 2.75) is 25.0 Å². The van der Waals surface area contributed by atoms with Gasteiger partial charge in [-0.3, -0.25) is 4.79 Å². The average Bonchev–Trinajstić information content (AvgIpc) is 2.90. The van der Waals surface area contributed by atoms with Crippen molar-refractivity contribution in [1.29, 1.82) is 0 Å². The van der Waals surface area contributed by atoms with E-state index >= 15 is 0 Å². The Morgan fingerprint density at radius 1 is 0.853 bits per heavy atom. The molecule has 0 saturated carbocycles. The summed E-state index contributed by atoms with van der Waals surface area (Å²) in [7, 11) is 1.64. The molecule has 0 unspecified atom stereocenters. The molecular formula is C28H30N2O4. The molecule has 0 radical (unpaired) electrons. The summed E-state index contributed by atoms with van der Waals surface area (Å²) < 4.78 is 17.3. The molecule has 0 aliphatic carbocycles. The minimum absolute atomic E-state index is 0.00399. The van der Waals surface area contributed by atoms with Crippen molar-refractivity contribution in [2.75, 3.05) is 43.2 Å². The third kappa shape index (κ3) is 4.87. The van der Waals surface area contributed by atoms with Gasteiger partial charge >= 0.3 is 0 Å². The Kier molecular flexibility index (Phi) is 6.41.